The van der Waals surface area contributed by atoms with Crippen LogP contribution in [0.5, 0.6) is 0 Å². The number of hydrogen-bond acceptors (Lipinski definition) is 3. The first-order chi connectivity index (χ1) is 8.22. The Hall–Kier alpha value is -0.910. The second kappa shape index (κ2) is 8.30. The molecule has 0 radical (unpaired) electrons. The molecule has 0 bridgehead atoms. The molecule has 1 saturated heterocycles. The molecule has 4 nitrogen and oxygen atoms in total. The number of pyridine rings is 1. The third kappa shape index (κ3) is 4.30. The molecule has 7 heteroatoms. The standard InChI is InChI=1S/C12H16FN3O.2ClH/c13-11-7-15-4-3-10(11)12(17)16-5-1-2-9(6-14)8-16;;/h3-4,7,9H,1-2,5-6,8,14H2;2*1H. The molecular formula is C12H18Cl2FN3O. The van der Waals surface area contributed by atoms with Crippen molar-refractivity contribution in [1.82, 2.24) is 9.88 Å². The van der Waals surface area contributed by atoms with Gasteiger partial charge in [-0.2, -0.15) is 0 Å². The van der Waals surface area contributed by atoms with Gasteiger partial charge >= 0.3 is 0 Å². The fraction of sp³-hybridized carbons (Fsp3) is 0.500. The number of aromatic nitrogens is 1. The number of halogens is 3. The van der Waals surface area contributed by atoms with E-state index in [9.17, 15) is 9.18 Å². The van der Waals surface area contributed by atoms with Gasteiger partial charge in [-0.05, 0) is 31.4 Å². The maximum atomic E-state index is 13.4. The van der Waals surface area contributed by atoms with Crippen LogP contribution in [-0.4, -0.2) is 35.4 Å². The molecule has 1 aliphatic rings. The maximum Gasteiger partial charge on any atom is 0.256 e. The summed E-state index contributed by atoms with van der Waals surface area (Å²) in [6.45, 7) is 1.87. The number of carbonyl (C=O) groups is 1. The molecule has 1 amide bonds. The van der Waals surface area contributed by atoms with Gasteiger partial charge in [0.2, 0.25) is 0 Å². The third-order valence-corrected chi connectivity index (χ3v) is 3.14. The number of amides is 1. The topological polar surface area (TPSA) is 59.2 Å². The van der Waals surface area contributed by atoms with E-state index in [2.05, 4.69) is 4.98 Å². The van der Waals surface area contributed by atoms with Gasteiger partial charge in [-0.1, -0.05) is 0 Å². The monoisotopic (exact) mass is 309 g/mol. The molecule has 0 saturated carbocycles. The van der Waals surface area contributed by atoms with E-state index >= 15 is 0 Å². The van der Waals surface area contributed by atoms with E-state index in [1.54, 1.807) is 4.90 Å². The molecule has 0 aromatic carbocycles. The maximum absolute atomic E-state index is 13.4. The minimum atomic E-state index is -0.563. The second-order valence-corrected chi connectivity index (χ2v) is 4.35. The van der Waals surface area contributed by atoms with Crippen molar-refractivity contribution in [3.05, 3.63) is 29.8 Å². The van der Waals surface area contributed by atoms with Crippen molar-refractivity contribution in [2.75, 3.05) is 19.6 Å². The van der Waals surface area contributed by atoms with Gasteiger partial charge in [-0.15, -0.1) is 24.8 Å². The Morgan fingerprint density at radius 2 is 2.26 bits per heavy atom. The summed E-state index contributed by atoms with van der Waals surface area (Å²) in [4.78, 5) is 17.4. The summed E-state index contributed by atoms with van der Waals surface area (Å²) >= 11 is 0. The number of likely N-dealkylation sites (tertiary alicyclic amines) is 1. The highest BCUT2D eigenvalue weighted by atomic mass is 35.5. The van der Waals surface area contributed by atoms with Crippen molar-refractivity contribution in [2.45, 2.75) is 12.8 Å². The Morgan fingerprint density at radius 3 is 2.89 bits per heavy atom. The average Bonchev–Trinajstić information content (AvgIpc) is 2.38. The van der Waals surface area contributed by atoms with Crippen LogP contribution in [0, 0.1) is 11.7 Å². The van der Waals surface area contributed by atoms with E-state index < -0.39 is 5.82 Å². The largest absolute Gasteiger partial charge is 0.338 e. The van der Waals surface area contributed by atoms with E-state index in [0.717, 1.165) is 19.0 Å². The van der Waals surface area contributed by atoms with Crippen LogP contribution < -0.4 is 5.73 Å². The number of nitrogens with two attached hydrogens (primary N) is 1. The van der Waals surface area contributed by atoms with Crippen LogP contribution in [0.1, 0.15) is 23.2 Å². The molecule has 0 aliphatic carbocycles. The Balaban J connectivity index is 0.00000162. The summed E-state index contributed by atoms with van der Waals surface area (Å²) in [5.74, 6) is -0.493. The molecule has 0 spiro atoms. The Morgan fingerprint density at radius 1 is 1.53 bits per heavy atom. The number of nitrogens with zero attached hydrogens (tertiary/aromatic N) is 2. The van der Waals surface area contributed by atoms with Gasteiger partial charge in [-0.3, -0.25) is 9.78 Å². The molecule has 1 fully saturated rings. The lowest BCUT2D eigenvalue weighted by Gasteiger charge is -2.32. The predicted molar refractivity (Wildman–Crippen MR) is 76.4 cm³/mol. The average molecular weight is 310 g/mol. The van der Waals surface area contributed by atoms with Crippen molar-refractivity contribution >= 4 is 30.7 Å². The lowest BCUT2D eigenvalue weighted by Crippen LogP contribution is -2.42. The first-order valence-electron chi connectivity index (χ1n) is 5.81. The summed E-state index contributed by atoms with van der Waals surface area (Å²) in [5.41, 5.74) is 5.71. The summed E-state index contributed by atoms with van der Waals surface area (Å²) in [6, 6.07) is 1.42. The van der Waals surface area contributed by atoms with E-state index in [-0.39, 0.29) is 36.3 Å². The highest BCUT2D eigenvalue weighted by Crippen LogP contribution is 2.18. The Bertz CT molecular complexity index is 420. The molecule has 2 heterocycles. The molecule has 2 rings (SSSR count). The highest BCUT2D eigenvalue weighted by molar-refractivity contribution is 5.94. The predicted octanol–water partition coefficient (Wildman–Crippen LogP) is 1.88. The van der Waals surface area contributed by atoms with Crippen molar-refractivity contribution in [2.24, 2.45) is 11.7 Å². The van der Waals surface area contributed by atoms with Gasteiger partial charge in [0.1, 0.15) is 0 Å². The summed E-state index contributed by atoms with van der Waals surface area (Å²) in [6.07, 6.45) is 4.47. The van der Waals surface area contributed by atoms with Gasteiger partial charge in [-0.25, -0.2) is 4.39 Å². The molecule has 1 aromatic rings. The van der Waals surface area contributed by atoms with E-state index in [1.165, 1.54) is 12.3 Å². The first kappa shape index (κ1) is 18.1. The quantitative estimate of drug-likeness (QED) is 0.907. The summed E-state index contributed by atoms with van der Waals surface area (Å²) < 4.78 is 13.4. The molecular weight excluding hydrogens is 292 g/mol. The van der Waals surface area contributed by atoms with Crippen molar-refractivity contribution in [1.29, 1.82) is 0 Å². The van der Waals surface area contributed by atoms with Gasteiger partial charge in [0, 0.05) is 19.3 Å². The number of piperidine rings is 1. The van der Waals surface area contributed by atoms with E-state index in [4.69, 9.17) is 5.73 Å². The van der Waals surface area contributed by atoms with Crippen LogP contribution in [0.15, 0.2) is 18.5 Å². The van der Waals surface area contributed by atoms with Crippen LogP contribution in [0.2, 0.25) is 0 Å². The zero-order chi connectivity index (χ0) is 12.3. The van der Waals surface area contributed by atoms with Crippen molar-refractivity contribution in [3.63, 3.8) is 0 Å². The van der Waals surface area contributed by atoms with Crippen LogP contribution >= 0.6 is 24.8 Å². The van der Waals surface area contributed by atoms with Crippen LogP contribution in [0.3, 0.4) is 0 Å². The van der Waals surface area contributed by atoms with Gasteiger partial charge in [0.05, 0.1) is 11.8 Å². The first-order valence-corrected chi connectivity index (χ1v) is 5.81. The SMILES string of the molecule is Cl.Cl.NCC1CCCN(C(=O)c2ccncc2F)C1. The molecule has 19 heavy (non-hydrogen) atoms. The smallest absolute Gasteiger partial charge is 0.256 e. The lowest BCUT2D eigenvalue weighted by molar-refractivity contribution is 0.0673. The van der Waals surface area contributed by atoms with Gasteiger partial charge in [0.25, 0.3) is 5.91 Å². The van der Waals surface area contributed by atoms with Gasteiger partial charge < -0.3 is 10.6 Å². The molecule has 1 atom stereocenters. The Kier molecular flexibility index (Phi) is 7.90. The number of rotatable bonds is 2. The zero-order valence-electron chi connectivity index (χ0n) is 10.4. The Labute approximate surface area is 124 Å². The second-order valence-electron chi connectivity index (χ2n) is 4.35. The van der Waals surface area contributed by atoms with E-state index in [0.29, 0.717) is 25.6 Å². The summed E-state index contributed by atoms with van der Waals surface area (Å²) in [5, 5.41) is 0. The molecule has 1 aromatic heterocycles. The molecule has 2 N–H and O–H groups in total. The molecule has 108 valence electrons. The molecule has 1 aliphatic heterocycles. The van der Waals surface area contributed by atoms with Crippen molar-refractivity contribution in [3.8, 4) is 0 Å². The van der Waals surface area contributed by atoms with Crippen LogP contribution in [0.4, 0.5) is 4.39 Å². The minimum Gasteiger partial charge on any atom is -0.338 e. The zero-order valence-corrected chi connectivity index (χ0v) is 12.1. The fourth-order valence-corrected chi connectivity index (χ4v) is 2.16. The van der Waals surface area contributed by atoms with Gasteiger partial charge in [0.15, 0.2) is 5.82 Å². The van der Waals surface area contributed by atoms with Crippen LogP contribution in [-0.2, 0) is 0 Å². The lowest BCUT2D eigenvalue weighted by atomic mass is 9.98. The highest BCUT2D eigenvalue weighted by Gasteiger charge is 2.25. The third-order valence-electron chi connectivity index (χ3n) is 3.14. The summed E-state index contributed by atoms with van der Waals surface area (Å²) in [7, 11) is 0. The fourth-order valence-electron chi connectivity index (χ4n) is 2.16. The number of carbonyl (C=O) groups excluding carboxylic acids is 1. The minimum absolute atomic E-state index is 0. The van der Waals surface area contributed by atoms with Crippen LogP contribution in [0.25, 0.3) is 0 Å². The van der Waals surface area contributed by atoms with E-state index in [1.807, 2.05) is 0 Å². The van der Waals surface area contributed by atoms with Crippen molar-refractivity contribution < 1.29 is 9.18 Å². The molecule has 1 unspecified atom stereocenters. The number of hydrogen-bond donors (Lipinski definition) is 1. The normalized spacial score (nSPS) is 18.2.